The lowest BCUT2D eigenvalue weighted by molar-refractivity contribution is -0.122. The lowest BCUT2D eigenvalue weighted by atomic mass is 10.1. The van der Waals surface area contributed by atoms with Crippen LogP contribution in [-0.2, 0) is 9.59 Å². The van der Waals surface area contributed by atoms with Crippen molar-refractivity contribution >= 4 is 23.2 Å². The SMILES string of the molecule is CC[C@@H](Oc1cccc(C)c1C)C(=O)Nc1ccc(N2CCCC2=O)cc1. The Morgan fingerprint density at radius 2 is 1.93 bits per heavy atom. The molecule has 1 aliphatic heterocycles. The van der Waals surface area contributed by atoms with Crippen molar-refractivity contribution in [1.82, 2.24) is 0 Å². The molecule has 0 aromatic heterocycles. The van der Waals surface area contributed by atoms with Crippen LogP contribution in [0.4, 0.5) is 11.4 Å². The summed E-state index contributed by atoms with van der Waals surface area (Å²) in [7, 11) is 0. The van der Waals surface area contributed by atoms with E-state index in [4.69, 9.17) is 4.74 Å². The Kier molecular flexibility index (Phi) is 5.79. The number of rotatable bonds is 6. The molecule has 0 spiro atoms. The molecule has 1 fully saturated rings. The number of carbonyl (C=O) groups excluding carboxylic acids is 2. The molecule has 0 unspecified atom stereocenters. The van der Waals surface area contributed by atoms with E-state index in [1.807, 2.05) is 63.2 Å². The predicted octanol–water partition coefficient (Wildman–Crippen LogP) is 4.23. The molecule has 1 saturated heterocycles. The minimum Gasteiger partial charge on any atom is -0.480 e. The van der Waals surface area contributed by atoms with E-state index in [9.17, 15) is 9.59 Å². The average Bonchev–Trinajstić information content (AvgIpc) is 3.09. The second kappa shape index (κ2) is 8.25. The number of aryl methyl sites for hydroxylation is 1. The van der Waals surface area contributed by atoms with Crippen LogP contribution < -0.4 is 15.0 Å². The second-order valence-electron chi connectivity index (χ2n) is 6.90. The Balaban J connectivity index is 1.66. The van der Waals surface area contributed by atoms with E-state index in [2.05, 4.69) is 5.32 Å². The van der Waals surface area contributed by atoms with E-state index in [0.717, 1.165) is 35.5 Å². The molecule has 27 heavy (non-hydrogen) atoms. The van der Waals surface area contributed by atoms with Crippen molar-refractivity contribution in [3.8, 4) is 5.75 Å². The van der Waals surface area contributed by atoms with Gasteiger partial charge in [0.25, 0.3) is 5.91 Å². The zero-order valence-electron chi connectivity index (χ0n) is 16.1. The maximum absolute atomic E-state index is 12.6. The number of hydrogen-bond donors (Lipinski definition) is 1. The number of amides is 2. The summed E-state index contributed by atoms with van der Waals surface area (Å²) < 4.78 is 5.96. The van der Waals surface area contributed by atoms with Crippen LogP contribution in [0.25, 0.3) is 0 Å². The van der Waals surface area contributed by atoms with Crippen molar-refractivity contribution in [2.24, 2.45) is 0 Å². The van der Waals surface area contributed by atoms with Gasteiger partial charge < -0.3 is 15.0 Å². The van der Waals surface area contributed by atoms with Crippen LogP contribution >= 0.6 is 0 Å². The Bertz CT molecular complexity index is 830. The monoisotopic (exact) mass is 366 g/mol. The Hall–Kier alpha value is -2.82. The summed E-state index contributed by atoms with van der Waals surface area (Å²) in [5.41, 5.74) is 3.74. The van der Waals surface area contributed by atoms with Crippen molar-refractivity contribution in [2.75, 3.05) is 16.8 Å². The first-order valence-electron chi connectivity index (χ1n) is 9.43. The van der Waals surface area contributed by atoms with Crippen molar-refractivity contribution in [2.45, 2.75) is 46.1 Å². The average molecular weight is 366 g/mol. The van der Waals surface area contributed by atoms with Gasteiger partial charge in [-0.15, -0.1) is 0 Å². The Morgan fingerprint density at radius 1 is 1.19 bits per heavy atom. The summed E-state index contributed by atoms with van der Waals surface area (Å²) >= 11 is 0. The van der Waals surface area contributed by atoms with Crippen LogP contribution in [0.2, 0.25) is 0 Å². The number of benzene rings is 2. The van der Waals surface area contributed by atoms with E-state index in [-0.39, 0.29) is 11.8 Å². The normalized spacial score (nSPS) is 14.9. The van der Waals surface area contributed by atoms with Crippen LogP contribution in [0.1, 0.15) is 37.3 Å². The first-order valence-corrected chi connectivity index (χ1v) is 9.43. The van der Waals surface area contributed by atoms with Crippen LogP contribution in [0, 0.1) is 13.8 Å². The van der Waals surface area contributed by atoms with Gasteiger partial charge in [-0.2, -0.15) is 0 Å². The van der Waals surface area contributed by atoms with Gasteiger partial charge in [-0.05, 0) is 68.1 Å². The highest BCUT2D eigenvalue weighted by atomic mass is 16.5. The van der Waals surface area contributed by atoms with Crippen LogP contribution in [0.3, 0.4) is 0 Å². The topological polar surface area (TPSA) is 58.6 Å². The minimum absolute atomic E-state index is 0.153. The minimum atomic E-state index is -0.565. The number of ether oxygens (including phenoxy) is 1. The smallest absolute Gasteiger partial charge is 0.265 e. The number of carbonyl (C=O) groups is 2. The summed E-state index contributed by atoms with van der Waals surface area (Å²) in [5.74, 6) is 0.711. The first-order chi connectivity index (χ1) is 13.0. The zero-order valence-corrected chi connectivity index (χ0v) is 16.1. The van der Waals surface area contributed by atoms with Gasteiger partial charge in [-0.1, -0.05) is 19.1 Å². The third-order valence-corrected chi connectivity index (χ3v) is 5.01. The first kappa shape index (κ1) is 19.0. The summed E-state index contributed by atoms with van der Waals surface area (Å²) in [6.45, 7) is 6.70. The quantitative estimate of drug-likeness (QED) is 0.832. The fraction of sp³-hybridized carbons (Fsp3) is 0.364. The molecule has 2 aromatic rings. The number of nitrogens with one attached hydrogen (secondary N) is 1. The van der Waals surface area contributed by atoms with E-state index in [1.165, 1.54) is 0 Å². The lowest BCUT2D eigenvalue weighted by Gasteiger charge is -2.20. The van der Waals surface area contributed by atoms with Gasteiger partial charge in [0.05, 0.1) is 0 Å². The molecule has 0 bridgehead atoms. The molecule has 1 N–H and O–H groups in total. The van der Waals surface area contributed by atoms with E-state index in [1.54, 1.807) is 4.90 Å². The predicted molar refractivity (Wildman–Crippen MR) is 107 cm³/mol. The summed E-state index contributed by atoms with van der Waals surface area (Å²) in [6, 6.07) is 13.2. The molecule has 1 heterocycles. The largest absolute Gasteiger partial charge is 0.480 e. The maximum Gasteiger partial charge on any atom is 0.265 e. The molecule has 5 nitrogen and oxygen atoms in total. The Morgan fingerprint density at radius 3 is 2.56 bits per heavy atom. The number of nitrogens with zero attached hydrogens (tertiary/aromatic N) is 1. The van der Waals surface area contributed by atoms with Crippen molar-refractivity contribution < 1.29 is 14.3 Å². The summed E-state index contributed by atoms with van der Waals surface area (Å²) in [6.07, 6.45) is 1.50. The zero-order chi connectivity index (χ0) is 19.4. The molecule has 2 aromatic carbocycles. The molecule has 0 radical (unpaired) electrons. The molecule has 5 heteroatoms. The van der Waals surface area contributed by atoms with Gasteiger partial charge in [-0.3, -0.25) is 9.59 Å². The van der Waals surface area contributed by atoms with Gasteiger partial charge >= 0.3 is 0 Å². The van der Waals surface area contributed by atoms with Gasteiger partial charge in [0.1, 0.15) is 5.75 Å². The van der Waals surface area contributed by atoms with Crippen molar-refractivity contribution in [3.05, 3.63) is 53.6 Å². The molecule has 1 aliphatic rings. The van der Waals surface area contributed by atoms with E-state index in [0.29, 0.717) is 18.5 Å². The lowest BCUT2D eigenvalue weighted by Crippen LogP contribution is -2.32. The number of hydrogen-bond acceptors (Lipinski definition) is 3. The maximum atomic E-state index is 12.6. The summed E-state index contributed by atoms with van der Waals surface area (Å²) in [5, 5.41) is 2.91. The van der Waals surface area contributed by atoms with Crippen LogP contribution in [0.5, 0.6) is 5.75 Å². The third kappa shape index (κ3) is 4.30. The standard InChI is InChI=1S/C22H26N2O3/c1-4-19(27-20-8-5-7-15(2)16(20)3)22(26)23-17-10-12-18(13-11-17)24-14-6-9-21(24)25/h5,7-8,10-13,19H,4,6,9,14H2,1-3H3,(H,23,26)/t19-/m1/s1. The van der Waals surface area contributed by atoms with Gasteiger partial charge in [0.2, 0.25) is 5.91 Å². The van der Waals surface area contributed by atoms with Crippen molar-refractivity contribution in [1.29, 1.82) is 0 Å². The van der Waals surface area contributed by atoms with Crippen LogP contribution in [0.15, 0.2) is 42.5 Å². The van der Waals surface area contributed by atoms with Crippen molar-refractivity contribution in [3.63, 3.8) is 0 Å². The molecule has 142 valence electrons. The molecule has 1 atom stereocenters. The fourth-order valence-electron chi connectivity index (χ4n) is 3.20. The van der Waals surface area contributed by atoms with E-state index < -0.39 is 6.10 Å². The second-order valence-corrected chi connectivity index (χ2v) is 6.90. The van der Waals surface area contributed by atoms with Gasteiger partial charge in [-0.25, -0.2) is 0 Å². The fourth-order valence-corrected chi connectivity index (χ4v) is 3.20. The third-order valence-electron chi connectivity index (χ3n) is 5.01. The molecular formula is C22H26N2O3. The molecule has 0 saturated carbocycles. The highest BCUT2D eigenvalue weighted by molar-refractivity contribution is 5.97. The highest BCUT2D eigenvalue weighted by Gasteiger charge is 2.22. The molecular weight excluding hydrogens is 340 g/mol. The highest BCUT2D eigenvalue weighted by Crippen LogP contribution is 2.25. The Labute approximate surface area is 160 Å². The molecule has 0 aliphatic carbocycles. The van der Waals surface area contributed by atoms with Crippen LogP contribution in [-0.4, -0.2) is 24.5 Å². The van der Waals surface area contributed by atoms with Gasteiger partial charge in [0.15, 0.2) is 6.10 Å². The van der Waals surface area contributed by atoms with E-state index >= 15 is 0 Å². The molecule has 2 amide bonds. The number of anilines is 2. The van der Waals surface area contributed by atoms with Gasteiger partial charge in [0, 0.05) is 24.3 Å². The summed E-state index contributed by atoms with van der Waals surface area (Å²) in [4.78, 5) is 26.2. The molecule has 3 rings (SSSR count).